The fraction of sp³-hybridized carbons (Fsp3) is 0.364. The fourth-order valence-corrected chi connectivity index (χ4v) is 3.54. The van der Waals surface area contributed by atoms with Crippen LogP contribution in [0.5, 0.6) is 5.75 Å². The first-order valence-electron chi connectivity index (χ1n) is 9.50. The number of anilines is 1. The molecular formula is C22H24FNO5. The molecule has 29 heavy (non-hydrogen) atoms. The minimum atomic E-state index is -0.837. The zero-order chi connectivity index (χ0) is 20.9. The van der Waals surface area contributed by atoms with Crippen LogP contribution < -0.4 is 10.1 Å². The van der Waals surface area contributed by atoms with Crippen LogP contribution in [0.4, 0.5) is 10.1 Å². The van der Waals surface area contributed by atoms with E-state index in [2.05, 4.69) is 5.32 Å². The number of halogens is 1. The normalized spacial score (nSPS) is 15.4. The molecule has 1 amide bonds. The van der Waals surface area contributed by atoms with Gasteiger partial charge in [-0.3, -0.25) is 4.79 Å². The Morgan fingerprint density at radius 1 is 1.14 bits per heavy atom. The largest absolute Gasteiger partial charge is 0.493 e. The smallest absolute Gasteiger partial charge is 0.341 e. The van der Waals surface area contributed by atoms with E-state index in [0.29, 0.717) is 44.1 Å². The molecule has 0 spiro atoms. The number of rotatable bonds is 6. The lowest BCUT2D eigenvalue weighted by Gasteiger charge is -2.36. The van der Waals surface area contributed by atoms with Gasteiger partial charge in [0, 0.05) is 18.9 Å². The molecule has 0 aliphatic carbocycles. The van der Waals surface area contributed by atoms with Crippen LogP contribution in [0.2, 0.25) is 0 Å². The number of hydrogen-bond acceptors (Lipinski definition) is 5. The van der Waals surface area contributed by atoms with E-state index in [4.69, 9.17) is 14.2 Å². The number of ether oxygens (including phenoxy) is 3. The predicted molar refractivity (Wildman–Crippen MR) is 106 cm³/mol. The van der Waals surface area contributed by atoms with E-state index < -0.39 is 11.4 Å². The number of benzene rings is 2. The summed E-state index contributed by atoms with van der Waals surface area (Å²) in [6, 6.07) is 10.8. The summed E-state index contributed by atoms with van der Waals surface area (Å²) in [4.78, 5) is 25.4. The van der Waals surface area contributed by atoms with Crippen molar-refractivity contribution in [3.63, 3.8) is 0 Å². The maximum Gasteiger partial charge on any atom is 0.341 e. The van der Waals surface area contributed by atoms with Crippen molar-refractivity contribution in [1.29, 1.82) is 0 Å². The van der Waals surface area contributed by atoms with E-state index in [0.717, 1.165) is 5.56 Å². The van der Waals surface area contributed by atoms with Gasteiger partial charge in [0.25, 0.3) is 0 Å². The van der Waals surface area contributed by atoms with Crippen LogP contribution in [0.1, 0.15) is 35.7 Å². The molecule has 1 heterocycles. The number of carbonyl (C=O) groups is 2. The molecular weight excluding hydrogens is 377 g/mol. The van der Waals surface area contributed by atoms with E-state index in [1.165, 1.54) is 25.3 Å². The van der Waals surface area contributed by atoms with Crippen LogP contribution in [-0.4, -0.2) is 38.8 Å². The van der Waals surface area contributed by atoms with Gasteiger partial charge in [-0.1, -0.05) is 12.1 Å². The van der Waals surface area contributed by atoms with Gasteiger partial charge in [-0.25, -0.2) is 9.18 Å². The number of hydrogen-bond donors (Lipinski definition) is 1. The Hall–Kier alpha value is -2.93. The van der Waals surface area contributed by atoms with Crippen molar-refractivity contribution in [2.24, 2.45) is 0 Å². The van der Waals surface area contributed by atoms with Crippen LogP contribution in [-0.2, 0) is 19.7 Å². The summed E-state index contributed by atoms with van der Waals surface area (Å²) in [6.07, 6.45) is 0.955. The zero-order valence-corrected chi connectivity index (χ0v) is 16.5. The number of nitrogens with one attached hydrogen (secondary N) is 1. The second kappa shape index (κ2) is 9.05. The summed E-state index contributed by atoms with van der Waals surface area (Å²) in [6.45, 7) is 3.07. The first-order chi connectivity index (χ1) is 14.0. The number of esters is 1. The highest BCUT2D eigenvalue weighted by Gasteiger charge is 2.41. The highest BCUT2D eigenvalue weighted by atomic mass is 19.1. The monoisotopic (exact) mass is 401 g/mol. The molecule has 1 aliphatic heterocycles. The Morgan fingerprint density at radius 3 is 2.45 bits per heavy atom. The van der Waals surface area contributed by atoms with Crippen molar-refractivity contribution in [2.75, 3.05) is 32.2 Å². The van der Waals surface area contributed by atoms with Gasteiger partial charge < -0.3 is 19.5 Å². The van der Waals surface area contributed by atoms with Crippen LogP contribution in [0.25, 0.3) is 0 Å². The summed E-state index contributed by atoms with van der Waals surface area (Å²) in [5.74, 6) is -0.751. The van der Waals surface area contributed by atoms with Crippen molar-refractivity contribution >= 4 is 17.6 Å². The molecule has 154 valence electrons. The van der Waals surface area contributed by atoms with Gasteiger partial charge >= 0.3 is 5.97 Å². The van der Waals surface area contributed by atoms with Crippen LogP contribution in [0.15, 0.2) is 42.5 Å². The van der Waals surface area contributed by atoms with Gasteiger partial charge in [0.05, 0.1) is 19.1 Å². The van der Waals surface area contributed by atoms with E-state index in [1.807, 2.05) is 6.92 Å². The lowest BCUT2D eigenvalue weighted by Crippen LogP contribution is -2.44. The molecule has 0 atom stereocenters. The van der Waals surface area contributed by atoms with Gasteiger partial charge in [0.2, 0.25) is 5.91 Å². The number of methoxy groups -OCH3 is 1. The minimum Gasteiger partial charge on any atom is -0.493 e. The first-order valence-corrected chi connectivity index (χ1v) is 9.50. The predicted octanol–water partition coefficient (Wildman–Crippen LogP) is 3.70. The molecule has 0 bridgehead atoms. The lowest BCUT2D eigenvalue weighted by atomic mass is 9.73. The van der Waals surface area contributed by atoms with Crippen LogP contribution >= 0.6 is 0 Å². The van der Waals surface area contributed by atoms with Gasteiger partial charge in [0.1, 0.15) is 17.1 Å². The molecule has 1 aliphatic rings. The molecule has 1 N–H and O–H groups in total. The summed E-state index contributed by atoms with van der Waals surface area (Å²) >= 11 is 0. The van der Waals surface area contributed by atoms with Gasteiger partial charge in [-0.2, -0.15) is 0 Å². The fourth-order valence-electron chi connectivity index (χ4n) is 3.54. The van der Waals surface area contributed by atoms with E-state index >= 15 is 0 Å². The van der Waals surface area contributed by atoms with Crippen LogP contribution in [0.3, 0.4) is 0 Å². The Balaban J connectivity index is 1.92. The third-order valence-electron chi connectivity index (χ3n) is 5.12. The van der Waals surface area contributed by atoms with Crippen molar-refractivity contribution in [1.82, 2.24) is 0 Å². The van der Waals surface area contributed by atoms with Gasteiger partial charge in [-0.15, -0.1) is 0 Å². The average molecular weight is 401 g/mol. The van der Waals surface area contributed by atoms with Crippen molar-refractivity contribution in [2.45, 2.75) is 25.2 Å². The van der Waals surface area contributed by atoms with Crippen LogP contribution in [0, 0.1) is 5.82 Å². The number of carbonyl (C=O) groups excluding carboxylic acids is 2. The SMILES string of the molecule is CCOc1ccc(NC(=O)C2(c3ccc(F)cc3)CCOCC2)cc1C(=O)OC. The minimum absolute atomic E-state index is 0.229. The second-order valence-corrected chi connectivity index (χ2v) is 6.79. The summed E-state index contributed by atoms with van der Waals surface area (Å²) in [5.41, 5.74) is 0.580. The van der Waals surface area contributed by atoms with Gasteiger partial charge in [-0.05, 0) is 55.7 Å². The summed E-state index contributed by atoms with van der Waals surface area (Å²) in [5, 5.41) is 2.90. The van der Waals surface area contributed by atoms with Gasteiger partial charge in [0.15, 0.2) is 0 Å². The summed E-state index contributed by atoms with van der Waals surface area (Å²) in [7, 11) is 1.29. The molecule has 1 fully saturated rings. The third kappa shape index (κ3) is 4.40. The zero-order valence-electron chi connectivity index (χ0n) is 16.5. The topological polar surface area (TPSA) is 73.9 Å². The highest BCUT2D eigenvalue weighted by molar-refractivity contribution is 6.01. The molecule has 0 radical (unpaired) electrons. The van der Waals surface area contributed by atoms with Crippen molar-refractivity contribution < 1.29 is 28.2 Å². The maximum atomic E-state index is 13.4. The first kappa shape index (κ1) is 20.8. The standard InChI is InChI=1S/C22H24FNO5/c1-3-29-19-9-8-17(14-18(19)20(25)27-2)24-21(26)22(10-12-28-13-11-22)15-4-6-16(23)7-5-15/h4-9,14H,3,10-13H2,1-2H3,(H,24,26). The van der Waals surface area contributed by atoms with Crippen molar-refractivity contribution in [3.05, 3.63) is 59.4 Å². The van der Waals surface area contributed by atoms with E-state index in [1.54, 1.807) is 24.3 Å². The maximum absolute atomic E-state index is 13.4. The molecule has 2 aromatic rings. The number of amides is 1. The average Bonchev–Trinajstić information content (AvgIpc) is 2.75. The van der Waals surface area contributed by atoms with E-state index in [9.17, 15) is 14.0 Å². The molecule has 0 unspecified atom stereocenters. The molecule has 3 rings (SSSR count). The molecule has 7 heteroatoms. The van der Waals surface area contributed by atoms with E-state index in [-0.39, 0.29) is 17.3 Å². The molecule has 2 aromatic carbocycles. The summed E-state index contributed by atoms with van der Waals surface area (Å²) < 4.78 is 29.1. The third-order valence-corrected chi connectivity index (χ3v) is 5.12. The Bertz CT molecular complexity index is 875. The molecule has 6 nitrogen and oxygen atoms in total. The molecule has 0 saturated carbocycles. The molecule has 0 aromatic heterocycles. The van der Waals surface area contributed by atoms with Crippen molar-refractivity contribution in [3.8, 4) is 5.75 Å². The Kier molecular flexibility index (Phi) is 6.49. The quantitative estimate of drug-likeness (QED) is 0.747. The lowest BCUT2D eigenvalue weighted by molar-refractivity contribution is -0.125. The Labute approximate surface area is 169 Å². The second-order valence-electron chi connectivity index (χ2n) is 6.79. The molecule has 1 saturated heterocycles. The Morgan fingerprint density at radius 2 is 1.83 bits per heavy atom. The highest BCUT2D eigenvalue weighted by Crippen LogP contribution is 2.36.